The van der Waals surface area contributed by atoms with Crippen LogP contribution in [-0.4, -0.2) is 41.5 Å². The first-order chi connectivity index (χ1) is 22.3. The fourth-order valence-electron chi connectivity index (χ4n) is 5.50. The maximum absolute atomic E-state index is 13.8. The lowest BCUT2D eigenvalue weighted by atomic mass is 10.00. The molecule has 0 bridgehead atoms. The Morgan fingerprint density at radius 3 is 1.83 bits per heavy atom. The maximum atomic E-state index is 13.8. The van der Waals surface area contributed by atoms with E-state index in [1.165, 1.54) is 5.56 Å². The van der Waals surface area contributed by atoms with Crippen LogP contribution in [0.15, 0.2) is 72.8 Å². The van der Waals surface area contributed by atoms with Crippen LogP contribution in [0.5, 0.6) is 23.0 Å². The number of hydrogen-bond acceptors (Lipinski definition) is 8. The van der Waals surface area contributed by atoms with Gasteiger partial charge in [-0.1, -0.05) is 54.1 Å². The molecule has 8 heteroatoms. The summed E-state index contributed by atoms with van der Waals surface area (Å²) in [5.41, 5.74) is 7.54. The van der Waals surface area contributed by atoms with Gasteiger partial charge < -0.3 is 29.4 Å². The molecule has 47 heavy (non-hydrogen) atoms. The molecule has 4 aromatic rings. The van der Waals surface area contributed by atoms with E-state index < -0.39 is 23.8 Å². The number of rotatable bonds is 11. The van der Waals surface area contributed by atoms with Gasteiger partial charge in [0.05, 0.1) is 6.10 Å². The number of aryl methyl sites for hydroxylation is 6. The zero-order valence-electron chi connectivity index (χ0n) is 28.1. The van der Waals surface area contributed by atoms with Crippen molar-refractivity contribution in [2.24, 2.45) is 0 Å². The van der Waals surface area contributed by atoms with E-state index in [1.807, 2.05) is 58.0 Å². The predicted octanol–water partition coefficient (Wildman–Crippen LogP) is 6.34. The quantitative estimate of drug-likeness (QED) is 0.112. The summed E-state index contributed by atoms with van der Waals surface area (Å²) in [4.78, 5) is 27.7. The van der Waals surface area contributed by atoms with Gasteiger partial charge in [0.25, 0.3) is 0 Å². The van der Waals surface area contributed by atoms with Crippen molar-refractivity contribution >= 4 is 11.9 Å². The summed E-state index contributed by atoms with van der Waals surface area (Å²) in [6.07, 6.45) is 0.622. The van der Waals surface area contributed by atoms with Crippen LogP contribution >= 0.6 is 0 Å². The van der Waals surface area contributed by atoms with E-state index in [1.54, 1.807) is 38.1 Å². The molecular weight excluding hydrogens is 594 g/mol. The first kappa shape index (κ1) is 33.7. The van der Waals surface area contributed by atoms with Gasteiger partial charge in [-0.2, -0.15) is 0 Å². The highest BCUT2D eigenvalue weighted by Gasteiger charge is 2.60. The van der Waals surface area contributed by atoms with Crippen molar-refractivity contribution < 1.29 is 33.6 Å². The molecule has 5 rings (SSSR count). The second-order valence-electron chi connectivity index (χ2n) is 12.7. The van der Waals surface area contributed by atoms with E-state index in [2.05, 4.69) is 30.4 Å². The predicted molar refractivity (Wildman–Crippen MR) is 180 cm³/mol. The van der Waals surface area contributed by atoms with E-state index in [4.69, 9.17) is 18.9 Å². The van der Waals surface area contributed by atoms with E-state index in [0.29, 0.717) is 30.5 Å². The Balaban J connectivity index is 1.32. The normalized spacial score (nSPS) is 14.4. The van der Waals surface area contributed by atoms with Crippen molar-refractivity contribution in [3.63, 3.8) is 0 Å². The minimum Gasteiger partial charge on any atom is -0.431 e. The first-order valence-corrected chi connectivity index (χ1v) is 15.9. The molecule has 2 N–H and O–H groups in total. The zero-order chi connectivity index (χ0) is 33.9. The van der Waals surface area contributed by atoms with Crippen LogP contribution in [0.4, 0.5) is 0 Å². The Morgan fingerprint density at radius 1 is 0.702 bits per heavy atom. The largest absolute Gasteiger partial charge is 0.454 e. The van der Waals surface area contributed by atoms with Crippen molar-refractivity contribution in [1.82, 2.24) is 5.32 Å². The molecule has 8 nitrogen and oxygen atoms in total. The van der Waals surface area contributed by atoms with Gasteiger partial charge in [0.15, 0.2) is 11.5 Å². The van der Waals surface area contributed by atoms with Crippen molar-refractivity contribution in [3.8, 4) is 23.0 Å². The number of benzene rings is 4. The number of ether oxygens (including phenoxy) is 4. The van der Waals surface area contributed by atoms with Crippen LogP contribution in [-0.2, 0) is 22.4 Å². The minimum absolute atomic E-state index is 0.0110. The van der Waals surface area contributed by atoms with E-state index in [9.17, 15) is 14.7 Å². The molecule has 0 amide bonds. The standard InChI is InChI=1S/C39H43NO7/c1-23-8-11-26(4)31(16-23)21-32(41)22-40-29(7)19-30-14-15-33-36(20-30)47-39(46-33,37(42)44-34-17-24(2)9-12-27(34)5)38(43)45-35-18-25(3)10-13-28(35)6/h8-18,20,29,32,40-41H,19,21-22H2,1-7H3. The Kier molecular flexibility index (Phi) is 10.0. The molecular formula is C39H43NO7. The van der Waals surface area contributed by atoms with Crippen LogP contribution in [0.3, 0.4) is 0 Å². The summed E-state index contributed by atoms with van der Waals surface area (Å²) in [7, 11) is 0. The Hall–Kier alpha value is -4.66. The first-order valence-electron chi connectivity index (χ1n) is 15.9. The number of nitrogens with one attached hydrogen (secondary N) is 1. The number of fused-ring (bicyclic) bond motifs is 1. The molecule has 1 aliphatic rings. The van der Waals surface area contributed by atoms with Crippen LogP contribution in [0.1, 0.15) is 51.4 Å². The Labute approximate surface area is 276 Å². The lowest BCUT2D eigenvalue weighted by molar-refractivity contribution is -0.190. The third kappa shape index (κ3) is 7.84. The molecule has 0 saturated carbocycles. The topological polar surface area (TPSA) is 103 Å². The third-order valence-corrected chi connectivity index (χ3v) is 8.35. The van der Waals surface area contributed by atoms with Gasteiger partial charge in [-0.05, 0) is 125 Å². The average molecular weight is 638 g/mol. The zero-order valence-corrected chi connectivity index (χ0v) is 28.1. The van der Waals surface area contributed by atoms with Crippen molar-refractivity contribution in [2.75, 3.05) is 6.54 Å². The van der Waals surface area contributed by atoms with E-state index >= 15 is 0 Å². The van der Waals surface area contributed by atoms with Gasteiger partial charge in [0, 0.05) is 12.6 Å². The molecule has 0 spiro atoms. The SMILES string of the molecule is Cc1ccc(C)c(CC(O)CNC(C)Cc2ccc3c(c2)OC(C(=O)Oc2cc(C)ccc2C)(C(=O)Oc2cc(C)ccc2C)O3)c1. The molecule has 246 valence electrons. The second kappa shape index (κ2) is 14.0. The van der Waals surface area contributed by atoms with E-state index in [-0.39, 0.29) is 29.0 Å². The molecule has 0 aliphatic carbocycles. The smallest absolute Gasteiger partial charge is 0.431 e. The molecule has 0 fully saturated rings. The minimum atomic E-state index is -2.52. The molecule has 4 aromatic carbocycles. The number of aliphatic hydroxyl groups excluding tert-OH is 1. The molecule has 0 aromatic heterocycles. The summed E-state index contributed by atoms with van der Waals surface area (Å²) in [6.45, 7) is 13.9. The summed E-state index contributed by atoms with van der Waals surface area (Å²) in [5.74, 6) is -3.60. The molecule has 2 unspecified atom stereocenters. The second-order valence-corrected chi connectivity index (χ2v) is 12.7. The van der Waals surface area contributed by atoms with Crippen molar-refractivity contribution in [3.05, 3.63) is 117 Å². The van der Waals surface area contributed by atoms with Gasteiger partial charge >= 0.3 is 17.7 Å². The number of carbonyl (C=O) groups excluding carboxylic acids is 2. The van der Waals surface area contributed by atoms with Gasteiger partial charge in [-0.15, -0.1) is 0 Å². The van der Waals surface area contributed by atoms with Gasteiger partial charge in [0.1, 0.15) is 11.5 Å². The van der Waals surface area contributed by atoms with Gasteiger partial charge in [-0.25, -0.2) is 9.59 Å². The fourth-order valence-corrected chi connectivity index (χ4v) is 5.50. The monoisotopic (exact) mass is 637 g/mol. The van der Waals surface area contributed by atoms with Crippen LogP contribution in [0.2, 0.25) is 0 Å². The third-order valence-electron chi connectivity index (χ3n) is 8.35. The molecule has 0 radical (unpaired) electrons. The van der Waals surface area contributed by atoms with Crippen LogP contribution in [0, 0.1) is 41.5 Å². The number of carbonyl (C=O) groups is 2. The highest BCUT2D eigenvalue weighted by atomic mass is 16.8. The molecule has 0 saturated heterocycles. The summed E-state index contributed by atoms with van der Waals surface area (Å²) in [5, 5.41) is 14.1. The number of hydrogen-bond donors (Lipinski definition) is 2. The van der Waals surface area contributed by atoms with E-state index in [0.717, 1.165) is 27.8 Å². The highest BCUT2D eigenvalue weighted by Crippen LogP contribution is 2.42. The maximum Gasteiger partial charge on any atom is 0.454 e. The molecule has 2 atom stereocenters. The Bertz CT molecular complexity index is 1730. The van der Waals surface area contributed by atoms with Gasteiger partial charge in [-0.3, -0.25) is 0 Å². The fraction of sp³-hybridized carbons (Fsp3) is 0.333. The summed E-state index contributed by atoms with van der Waals surface area (Å²) >= 11 is 0. The number of aliphatic hydroxyl groups is 1. The summed E-state index contributed by atoms with van der Waals surface area (Å²) in [6, 6.07) is 22.4. The molecule has 1 heterocycles. The Morgan fingerprint density at radius 2 is 1.23 bits per heavy atom. The highest BCUT2D eigenvalue weighted by molar-refractivity contribution is 6.05. The average Bonchev–Trinajstić information content (AvgIpc) is 3.42. The van der Waals surface area contributed by atoms with Crippen molar-refractivity contribution in [2.45, 2.75) is 79.2 Å². The molecule has 1 aliphatic heterocycles. The lowest BCUT2D eigenvalue weighted by Crippen LogP contribution is -2.58. The van der Waals surface area contributed by atoms with Crippen LogP contribution < -0.4 is 24.3 Å². The number of esters is 2. The lowest BCUT2D eigenvalue weighted by Gasteiger charge is -2.24. The van der Waals surface area contributed by atoms with Gasteiger partial charge in [0.2, 0.25) is 0 Å². The summed E-state index contributed by atoms with van der Waals surface area (Å²) < 4.78 is 23.6. The van der Waals surface area contributed by atoms with Crippen LogP contribution in [0.25, 0.3) is 0 Å². The van der Waals surface area contributed by atoms with Crippen molar-refractivity contribution in [1.29, 1.82) is 0 Å².